The zero-order valence-electron chi connectivity index (χ0n) is 17.4. The highest BCUT2D eigenvalue weighted by Crippen LogP contribution is 2.38. The van der Waals surface area contributed by atoms with Crippen LogP contribution in [0.4, 0.5) is 23.1 Å². The van der Waals surface area contributed by atoms with Crippen molar-refractivity contribution in [2.75, 3.05) is 17.7 Å². The van der Waals surface area contributed by atoms with E-state index in [1.807, 2.05) is 24.3 Å². The molecule has 6 nitrogen and oxygen atoms in total. The highest BCUT2D eigenvalue weighted by atomic mass is 35.5. The fourth-order valence-corrected chi connectivity index (χ4v) is 3.93. The quantitative estimate of drug-likeness (QED) is 0.460. The fraction of sp³-hybridized carbons (Fsp3) is 0.261. The molecule has 3 aromatic rings. The van der Waals surface area contributed by atoms with E-state index in [-0.39, 0.29) is 11.2 Å². The first-order valence-electron chi connectivity index (χ1n) is 9.81. The van der Waals surface area contributed by atoms with Crippen LogP contribution in [0.25, 0.3) is 0 Å². The van der Waals surface area contributed by atoms with Crippen LogP contribution < -0.4 is 15.4 Å². The second-order valence-corrected chi connectivity index (χ2v) is 9.08. The van der Waals surface area contributed by atoms with Gasteiger partial charge in [0.05, 0.1) is 28.4 Å². The van der Waals surface area contributed by atoms with Crippen molar-refractivity contribution in [2.45, 2.75) is 26.7 Å². The molecule has 0 spiro atoms. The largest absolute Gasteiger partial charge is 0.497 e. The average molecular weight is 457 g/mol. The van der Waals surface area contributed by atoms with Crippen molar-refractivity contribution in [1.82, 2.24) is 9.97 Å². The van der Waals surface area contributed by atoms with E-state index in [4.69, 9.17) is 27.9 Å². The van der Waals surface area contributed by atoms with E-state index in [0.29, 0.717) is 45.9 Å². The Morgan fingerprint density at radius 2 is 1.65 bits per heavy atom. The fourth-order valence-electron chi connectivity index (χ4n) is 3.63. The lowest BCUT2D eigenvalue weighted by Gasteiger charge is -2.30. The smallest absolute Gasteiger partial charge is 0.229 e. The molecule has 0 fully saturated rings. The lowest BCUT2D eigenvalue weighted by molar-refractivity contribution is 0.0911. The van der Waals surface area contributed by atoms with Crippen molar-refractivity contribution in [3.05, 3.63) is 63.8 Å². The third-order valence-electron chi connectivity index (χ3n) is 5.08. The van der Waals surface area contributed by atoms with E-state index < -0.39 is 0 Å². The number of benzene rings is 2. The Bertz CT molecular complexity index is 1150. The Balaban J connectivity index is 1.74. The monoisotopic (exact) mass is 456 g/mol. The van der Waals surface area contributed by atoms with Gasteiger partial charge in [0.1, 0.15) is 11.6 Å². The second kappa shape index (κ2) is 8.36. The minimum absolute atomic E-state index is 0.0183. The molecular weight excluding hydrogens is 435 g/mol. The van der Waals surface area contributed by atoms with Crippen LogP contribution in [-0.4, -0.2) is 22.9 Å². The van der Waals surface area contributed by atoms with Crippen LogP contribution in [0, 0.1) is 5.41 Å². The van der Waals surface area contributed by atoms with Gasteiger partial charge >= 0.3 is 0 Å². The minimum Gasteiger partial charge on any atom is -0.497 e. The van der Waals surface area contributed by atoms with Crippen LogP contribution in [0.5, 0.6) is 5.75 Å². The summed E-state index contributed by atoms with van der Waals surface area (Å²) in [6.07, 6.45) is 1.11. The third kappa shape index (κ3) is 4.75. The van der Waals surface area contributed by atoms with E-state index >= 15 is 0 Å². The van der Waals surface area contributed by atoms with Crippen LogP contribution in [0.2, 0.25) is 10.0 Å². The number of ketones is 1. The summed E-state index contributed by atoms with van der Waals surface area (Å²) in [7, 11) is 1.62. The Morgan fingerprint density at radius 1 is 0.935 bits per heavy atom. The highest BCUT2D eigenvalue weighted by Gasteiger charge is 2.35. The summed E-state index contributed by atoms with van der Waals surface area (Å²) in [5, 5.41) is 7.32. The molecule has 1 aromatic heterocycles. The van der Waals surface area contributed by atoms with Crippen LogP contribution in [0.1, 0.15) is 36.3 Å². The highest BCUT2D eigenvalue weighted by molar-refractivity contribution is 6.42. The number of nitrogens with zero attached hydrogens (tertiary/aromatic N) is 2. The molecule has 31 heavy (non-hydrogen) atoms. The Hall–Kier alpha value is -2.83. The zero-order valence-corrected chi connectivity index (χ0v) is 18.9. The molecule has 8 heteroatoms. The van der Waals surface area contributed by atoms with Gasteiger partial charge in [0, 0.05) is 17.8 Å². The van der Waals surface area contributed by atoms with Gasteiger partial charge < -0.3 is 15.4 Å². The van der Waals surface area contributed by atoms with Crippen molar-refractivity contribution in [2.24, 2.45) is 5.41 Å². The number of nitrogens with one attached hydrogen (secondary N) is 2. The van der Waals surface area contributed by atoms with Gasteiger partial charge in [0.15, 0.2) is 5.78 Å². The lowest BCUT2D eigenvalue weighted by atomic mass is 9.75. The zero-order chi connectivity index (χ0) is 22.2. The molecule has 0 radical (unpaired) electrons. The minimum atomic E-state index is -0.170. The Labute approximate surface area is 191 Å². The van der Waals surface area contributed by atoms with Gasteiger partial charge in [0.2, 0.25) is 5.95 Å². The molecule has 0 aliphatic heterocycles. The van der Waals surface area contributed by atoms with Gasteiger partial charge in [0.25, 0.3) is 0 Å². The topological polar surface area (TPSA) is 76.1 Å². The Morgan fingerprint density at radius 3 is 2.32 bits per heavy atom. The molecular formula is C23H22Cl2N4O2. The molecule has 1 aliphatic carbocycles. The first-order chi connectivity index (χ1) is 14.7. The maximum absolute atomic E-state index is 13.0. The van der Waals surface area contributed by atoms with Gasteiger partial charge in [-0.1, -0.05) is 37.0 Å². The third-order valence-corrected chi connectivity index (χ3v) is 5.82. The number of halogens is 2. The van der Waals surface area contributed by atoms with Crippen molar-refractivity contribution < 1.29 is 9.53 Å². The maximum atomic E-state index is 13.0. The van der Waals surface area contributed by atoms with Crippen LogP contribution in [-0.2, 0) is 6.42 Å². The number of methoxy groups -OCH3 is 1. The summed E-state index contributed by atoms with van der Waals surface area (Å²) in [6, 6.07) is 12.6. The number of hydrogen-bond acceptors (Lipinski definition) is 6. The molecule has 2 aromatic carbocycles. The Kier molecular flexibility index (Phi) is 5.77. The number of carbonyl (C=O) groups excluding carboxylic acids is 1. The van der Waals surface area contributed by atoms with Crippen molar-refractivity contribution in [1.29, 1.82) is 0 Å². The van der Waals surface area contributed by atoms with E-state index in [2.05, 4.69) is 34.4 Å². The van der Waals surface area contributed by atoms with Crippen LogP contribution >= 0.6 is 23.2 Å². The van der Waals surface area contributed by atoms with E-state index in [1.54, 1.807) is 25.3 Å². The van der Waals surface area contributed by atoms with Gasteiger partial charge in [-0.3, -0.25) is 4.79 Å². The molecule has 0 unspecified atom stereocenters. The molecule has 0 atom stereocenters. The molecule has 0 saturated carbocycles. The van der Waals surface area contributed by atoms with Gasteiger partial charge in [-0.25, -0.2) is 4.98 Å². The number of carbonyl (C=O) groups is 1. The standard InChI is InChI=1S/C23H22Cl2N4O2/c1-23(2)11-18-20(19(30)12-23)21(26-14-6-9-16(24)17(25)10-14)29-22(28-18)27-13-4-7-15(31-3)8-5-13/h4-10H,11-12H2,1-3H3,(H2,26,27,28,29). The van der Waals surface area contributed by atoms with Gasteiger partial charge in [-0.2, -0.15) is 4.98 Å². The van der Waals surface area contributed by atoms with Crippen molar-refractivity contribution in [3.63, 3.8) is 0 Å². The number of hydrogen-bond donors (Lipinski definition) is 2. The van der Waals surface area contributed by atoms with Crippen molar-refractivity contribution in [3.8, 4) is 5.75 Å². The molecule has 4 rings (SSSR count). The molecule has 2 N–H and O–H groups in total. The van der Waals surface area contributed by atoms with E-state index in [9.17, 15) is 4.79 Å². The molecule has 1 heterocycles. The number of fused-ring (bicyclic) bond motifs is 1. The number of anilines is 4. The summed E-state index contributed by atoms with van der Waals surface area (Å²) in [4.78, 5) is 22.2. The second-order valence-electron chi connectivity index (χ2n) is 8.27. The van der Waals surface area contributed by atoms with Crippen LogP contribution in [0.15, 0.2) is 42.5 Å². The first kappa shape index (κ1) is 21.4. The predicted molar refractivity (Wildman–Crippen MR) is 124 cm³/mol. The molecule has 0 bridgehead atoms. The molecule has 160 valence electrons. The number of ether oxygens (including phenoxy) is 1. The number of aromatic nitrogens is 2. The van der Waals surface area contributed by atoms with Gasteiger partial charge in [-0.05, 0) is 54.3 Å². The van der Waals surface area contributed by atoms with E-state index in [0.717, 1.165) is 17.1 Å². The summed E-state index contributed by atoms with van der Waals surface area (Å²) < 4.78 is 5.21. The SMILES string of the molecule is COc1ccc(Nc2nc3c(c(Nc4ccc(Cl)c(Cl)c4)n2)C(=O)CC(C)(C)C3)cc1. The first-order valence-corrected chi connectivity index (χ1v) is 10.6. The summed E-state index contributed by atoms with van der Waals surface area (Å²) in [6.45, 7) is 4.14. The maximum Gasteiger partial charge on any atom is 0.229 e. The van der Waals surface area contributed by atoms with E-state index in [1.165, 1.54) is 0 Å². The van der Waals surface area contributed by atoms with Gasteiger partial charge in [-0.15, -0.1) is 0 Å². The van der Waals surface area contributed by atoms with Crippen molar-refractivity contribution >= 4 is 52.1 Å². The summed E-state index contributed by atoms with van der Waals surface area (Å²) >= 11 is 12.2. The summed E-state index contributed by atoms with van der Waals surface area (Å²) in [5.74, 6) is 1.62. The lowest BCUT2D eigenvalue weighted by Crippen LogP contribution is -2.29. The molecule has 1 aliphatic rings. The summed E-state index contributed by atoms with van der Waals surface area (Å²) in [5.41, 5.74) is 2.56. The number of Topliss-reactive ketones (excluding diaryl/α,β-unsaturated/α-hetero) is 1. The number of rotatable bonds is 5. The van der Waals surface area contributed by atoms with Crippen LogP contribution in [0.3, 0.4) is 0 Å². The predicted octanol–water partition coefficient (Wildman–Crippen LogP) is 6.43. The average Bonchev–Trinajstić information content (AvgIpc) is 2.70. The normalized spacial score (nSPS) is 14.7. The molecule has 0 saturated heterocycles. The molecule has 0 amide bonds.